The van der Waals surface area contributed by atoms with Crippen LogP contribution in [0.15, 0.2) is 29.2 Å². The summed E-state index contributed by atoms with van der Waals surface area (Å²) in [5.74, 6) is -0.598. The van der Waals surface area contributed by atoms with Crippen LogP contribution in [0.4, 0.5) is 10.5 Å². The molecule has 10 nitrogen and oxygen atoms in total. The quantitative estimate of drug-likeness (QED) is 0.558. The van der Waals surface area contributed by atoms with Gasteiger partial charge in [-0.05, 0) is 49.9 Å². The molecule has 176 valence electrons. The number of benzene rings is 1. The molecule has 2 aliphatic rings. The molecule has 0 spiro atoms. The molecule has 0 aliphatic carbocycles. The average molecular weight is 467 g/mol. The number of morpholine rings is 1. The van der Waals surface area contributed by atoms with Crippen molar-refractivity contribution in [2.45, 2.75) is 44.0 Å². The summed E-state index contributed by atoms with van der Waals surface area (Å²) in [6.07, 6.45) is 1.26. The highest BCUT2D eigenvalue weighted by Crippen LogP contribution is 2.25. The molecule has 0 radical (unpaired) electrons. The number of nitrogens with one attached hydrogen (secondary N) is 2. The second-order valence-corrected chi connectivity index (χ2v) is 10.6. The molecule has 2 heterocycles. The highest BCUT2D eigenvalue weighted by Gasteiger charge is 2.47. The van der Waals surface area contributed by atoms with Crippen LogP contribution in [0.3, 0.4) is 0 Å². The van der Waals surface area contributed by atoms with E-state index in [1.807, 2.05) is 13.8 Å². The largest absolute Gasteiger partial charge is 0.379 e. The number of nitrogens with zero attached hydrogens (tertiary/aromatic N) is 2. The van der Waals surface area contributed by atoms with E-state index in [-0.39, 0.29) is 4.90 Å². The van der Waals surface area contributed by atoms with Gasteiger partial charge in [0.1, 0.15) is 12.1 Å². The first-order valence-electron chi connectivity index (χ1n) is 10.6. The summed E-state index contributed by atoms with van der Waals surface area (Å²) >= 11 is 0. The Morgan fingerprint density at radius 3 is 2.41 bits per heavy atom. The number of sulfonamides is 1. The Bertz CT molecular complexity index is 973. The maximum atomic E-state index is 12.7. The van der Waals surface area contributed by atoms with Crippen molar-refractivity contribution >= 4 is 33.6 Å². The number of carbonyl (C=O) groups is 3. The average Bonchev–Trinajstić information content (AvgIpc) is 2.96. The van der Waals surface area contributed by atoms with Gasteiger partial charge in [0, 0.05) is 18.8 Å². The van der Waals surface area contributed by atoms with Crippen molar-refractivity contribution in [2.24, 2.45) is 5.92 Å². The van der Waals surface area contributed by atoms with Gasteiger partial charge in [-0.1, -0.05) is 13.8 Å². The first kappa shape index (κ1) is 24.1. The van der Waals surface area contributed by atoms with Crippen molar-refractivity contribution in [2.75, 3.05) is 38.2 Å². The number of anilines is 1. The van der Waals surface area contributed by atoms with Crippen molar-refractivity contribution < 1.29 is 27.5 Å². The maximum absolute atomic E-state index is 12.7. The van der Waals surface area contributed by atoms with Gasteiger partial charge in [-0.25, -0.2) is 13.2 Å². The van der Waals surface area contributed by atoms with Crippen LogP contribution >= 0.6 is 0 Å². The molecule has 0 aromatic heterocycles. The lowest BCUT2D eigenvalue weighted by Crippen LogP contribution is -2.44. The monoisotopic (exact) mass is 466 g/mol. The fraction of sp³-hybridized carbons (Fsp3) is 0.571. The third-order valence-corrected chi connectivity index (χ3v) is 7.53. The van der Waals surface area contributed by atoms with Gasteiger partial charge in [0.2, 0.25) is 15.9 Å². The minimum absolute atomic E-state index is 0.118. The van der Waals surface area contributed by atoms with Gasteiger partial charge < -0.3 is 15.4 Å². The fourth-order valence-electron chi connectivity index (χ4n) is 3.63. The number of urea groups is 1. The maximum Gasteiger partial charge on any atom is 0.325 e. The van der Waals surface area contributed by atoms with Gasteiger partial charge in [-0.15, -0.1) is 0 Å². The van der Waals surface area contributed by atoms with E-state index in [9.17, 15) is 22.8 Å². The number of amides is 4. The second-order valence-electron chi connectivity index (χ2n) is 8.68. The third-order valence-electron chi connectivity index (χ3n) is 5.61. The van der Waals surface area contributed by atoms with Gasteiger partial charge in [-0.2, -0.15) is 4.31 Å². The predicted octanol–water partition coefficient (Wildman–Crippen LogP) is 1.39. The van der Waals surface area contributed by atoms with Crippen LogP contribution in [0.5, 0.6) is 0 Å². The smallest absolute Gasteiger partial charge is 0.325 e. The van der Waals surface area contributed by atoms with Crippen LogP contribution in [0.2, 0.25) is 0 Å². The molecule has 1 atom stereocenters. The third kappa shape index (κ3) is 5.28. The Morgan fingerprint density at radius 1 is 1.19 bits per heavy atom. The number of ether oxygens (including phenoxy) is 1. The van der Waals surface area contributed by atoms with Gasteiger partial charge in [0.15, 0.2) is 0 Å². The zero-order valence-electron chi connectivity index (χ0n) is 18.6. The first-order valence-corrected chi connectivity index (χ1v) is 12.1. The molecule has 1 aromatic rings. The van der Waals surface area contributed by atoms with Gasteiger partial charge in [0.25, 0.3) is 5.91 Å². The first-order chi connectivity index (χ1) is 15.0. The highest BCUT2D eigenvalue weighted by atomic mass is 32.2. The zero-order valence-corrected chi connectivity index (χ0v) is 19.4. The normalized spacial score (nSPS) is 22.3. The molecule has 1 aromatic carbocycles. The van der Waals surface area contributed by atoms with E-state index in [2.05, 4.69) is 10.6 Å². The van der Waals surface area contributed by atoms with Crippen molar-refractivity contribution in [3.63, 3.8) is 0 Å². The van der Waals surface area contributed by atoms with E-state index in [1.165, 1.54) is 28.6 Å². The second kappa shape index (κ2) is 9.55. The summed E-state index contributed by atoms with van der Waals surface area (Å²) in [5, 5.41) is 5.29. The SMILES string of the molecule is CC(C)CC[C@]1(C)NC(=O)N(CC(=O)Nc2ccc(S(=O)(=O)N3CCOCC3)cc2)C1=O. The molecule has 4 amide bonds. The lowest BCUT2D eigenvalue weighted by Gasteiger charge is -2.26. The molecule has 11 heteroatoms. The molecule has 2 saturated heterocycles. The molecule has 32 heavy (non-hydrogen) atoms. The zero-order chi connectivity index (χ0) is 23.5. The number of rotatable bonds is 8. The number of hydrogen-bond donors (Lipinski definition) is 2. The lowest BCUT2D eigenvalue weighted by atomic mass is 9.92. The number of carbonyl (C=O) groups excluding carboxylic acids is 3. The Hall–Kier alpha value is -2.50. The molecular weight excluding hydrogens is 436 g/mol. The molecule has 3 rings (SSSR count). The van der Waals surface area contributed by atoms with Crippen LogP contribution in [-0.4, -0.2) is 73.9 Å². The van der Waals surface area contributed by atoms with E-state index in [4.69, 9.17) is 4.74 Å². The van der Waals surface area contributed by atoms with Crippen LogP contribution in [0.1, 0.15) is 33.6 Å². The van der Waals surface area contributed by atoms with Crippen LogP contribution in [-0.2, 0) is 24.3 Å². The van der Waals surface area contributed by atoms with E-state index in [1.54, 1.807) is 6.92 Å². The fourth-order valence-corrected chi connectivity index (χ4v) is 5.04. The van der Waals surface area contributed by atoms with Crippen molar-refractivity contribution in [1.29, 1.82) is 0 Å². The van der Waals surface area contributed by atoms with Gasteiger partial charge in [-0.3, -0.25) is 14.5 Å². The van der Waals surface area contributed by atoms with Gasteiger partial charge in [0.05, 0.1) is 18.1 Å². The Kier molecular flexibility index (Phi) is 7.21. The van der Waals surface area contributed by atoms with E-state index in [0.29, 0.717) is 44.3 Å². The molecule has 0 unspecified atom stereocenters. The minimum atomic E-state index is -3.63. The Morgan fingerprint density at radius 2 is 1.81 bits per heavy atom. The van der Waals surface area contributed by atoms with Crippen molar-refractivity contribution in [1.82, 2.24) is 14.5 Å². The van der Waals surface area contributed by atoms with E-state index >= 15 is 0 Å². The van der Waals surface area contributed by atoms with Crippen LogP contribution < -0.4 is 10.6 Å². The van der Waals surface area contributed by atoms with Crippen LogP contribution in [0.25, 0.3) is 0 Å². The molecule has 2 aliphatic heterocycles. The Labute approximate surface area is 188 Å². The summed E-state index contributed by atoms with van der Waals surface area (Å²) in [6.45, 7) is 6.61. The van der Waals surface area contributed by atoms with Crippen molar-refractivity contribution in [3.05, 3.63) is 24.3 Å². The van der Waals surface area contributed by atoms with Crippen molar-refractivity contribution in [3.8, 4) is 0 Å². The molecule has 0 bridgehead atoms. The standard InChI is InChI=1S/C21H30N4O6S/c1-15(2)8-9-21(3)19(27)25(20(28)23-21)14-18(26)22-16-4-6-17(7-5-16)32(29,30)24-10-12-31-13-11-24/h4-7,15H,8-14H2,1-3H3,(H,22,26)(H,23,28)/t21-/m0/s1. The molecule has 0 saturated carbocycles. The van der Waals surface area contributed by atoms with Gasteiger partial charge >= 0.3 is 6.03 Å². The Balaban J connectivity index is 1.60. The molecular formula is C21H30N4O6S. The minimum Gasteiger partial charge on any atom is -0.379 e. The number of imide groups is 1. The molecule has 2 N–H and O–H groups in total. The van der Waals surface area contributed by atoms with Crippen LogP contribution in [0, 0.1) is 5.92 Å². The summed E-state index contributed by atoms with van der Waals surface area (Å²) in [5.41, 5.74) is -0.650. The van der Waals surface area contributed by atoms with E-state index in [0.717, 1.165) is 11.3 Å². The van der Waals surface area contributed by atoms with E-state index < -0.39 is 40.0 Å². The topological polar surface area (TPSA) is 125 Å². The predicted molar refractivity (Wildman–Crippen MR) is 117 cm³/mol. The number of hydrogen-bond acceptors (Lipinski definition) is 6. The molecule has 2 fully saturated rings. The highest BCUT2D eigenvalue weighted by molar-refractivity contribution is 7.89. The summed E-state index contributed by atoms with van der Waals surface area (Å²) < 4.78 is 31.9. The summed E-state index contributed by atoms with van der Waals surface area (Å²) in [4.78, 5) is 38.5. The lowest BCUT2D eigenvalue weighted by molar-refractivity contribution is -0.133. The summed E-state index contributed by atoms with van der Waals surface area (Å²) in [6, 6.07) is 5.19. The summed E-state index contributed by atoms with van der Waals surface area (Å²) in [7, 11) is -3.63.